The van der Waals surface area contributed by atoms with Crippen LogP contribution in [0.3, 0.4) is 0 Å². The van der Waals surface area contributed by atoms with Gasteiger partial charge >= 0.3 is 6.03 Å². The smallest absolute Gasteiger partial charge is 0.319 e. The third kappa shape index (κ3) is 4.48. The molecule has 1 aromatic carbocycles. The average Bonchev–Trinajstić information content (AvgIpc) is 2.88. The highest BCUT2D eigenvalue weighted by Crippen LogP contribution is 2.30. The molecule has 1 aromatic heterocycles. The number of nitrogens with one attached hydrogen (secondary N) is 2. The highest BCUT2D eigenvalue weighted by atomic mass is 35.5. The maximum absolute atomic E-state index is 12.1. The van der Waals surface area contributed by atoms with E-state index in [1.807, 2.05) is 32.0 Å². The average molecular weight is 363 g/mol. The summed E-state index contributed by atoms with van der Waals surface area (Å²) in [5.41, 5.74) is 2.61. The van der Waals surface area contributed by atoms with E-state index in [2.05, 4.69) is 34.9 Å². The lowest BCUT2D eigenvalue weighted by atomic mass is 10.0. The number of carbonyl (C=O) groups is 1. The van der Waals surface area contributed by atoms with Crippen LogP contribution < -0.4 is 10.6 Å². The van der Waals surface area contributed by atoms with E-state index in [1.54, 1.807) is 5.38 Å². The van der Waals surface area contributed by atoms with Gasteiger partial charge in [0.2, 0.25) is 0 Å². The predicted molar refractivity (Wildman–Crippen MR) is 98.7 cm³/mol. The van der Waals surface area contributed by atoms with Crippen LogP contribution in [-0.4, -0.2) is 31.6 Å². The lowest BCUT2D eigenvalue weighted by molar-refractivity contribution is 0.243. The molecular weight excluding hydrogens is 344 g/mol. The molecule has 0 aliphatic carbocycles. The zero-order valence-electron chi connectivity index (χ0n) is 13.8. The van der Waals surface area contributed by atoms with E-state index in [-0.39, 0.29) is 12.1 Å². The number of likely N-dealkylation sites (N-methyl/N-ethyl adjacent to an activating group) is 1. The Balaban J connectivity index is 2.00. The highest BCUT2D eigenvalue weighted by molar-refractivity contribution is 7.15. The molecule has 1 atom stereocenters. The van der Waals surface area contributed by atoms with Gasteiger partial charge in [-0.15, -0.1) is 11.3 Å². The van der Waals surface area contributed by atoms with Crippen LogP contribution in [0.4, 0.5) is 9.80 Å². The normalized spacial score (nSPS) is 11.8. The zero-order chi connectivity index (χ0) is 17.7. The topological polar surface area (TPSA) is 68.2 Å². The van der Waals surface area contributed by atoms with E-state index in [1.165, 1.54) is 16.9 Å². The van der Waals surface area contributed by atoms with Crippen molar-refractivity contribution in [3.63, 3.8) is 0 Å². The van der Waals surface area contributed by atoms with Gasteiger partial charge in [0.25, 0.3) is 0 Å². The minimum absolute atomic E-state index is 0.0544. The number of nitriles is 1. The van der Waals surface area contributed by atoms with Crippen molar-refractivity contribution in [1.82, 2.24) is 10.2 Å². The SMILES string of the molecule is Cc1ccc([C@@H](CNC(=O)Nc2scc(Cl)c2C#N)N(C)C)cc1. The molecule has 2 amide bonds. The van der Waals surface area contributed by atoms with Crippen LogP contribution in [-0.2, 0) is 0 Å². The summed E-state index contributed by atoms with van der Waals surface area (Å²) in [6.07, 6.45) is 0. The zero-order valence-corrected chi connectivity index (χ0v) is 15.3. The Morgan fingerprint density at radius 3 is 2.62 bits per heavy atom. The number of nitrogens with zero attached hydrogens (tertiary/aromatic N) is 2. The van der Waals surface area contributed by atoms with Gasteiger partial charge in [0, 0.05) is 11.9 Å². The van der Waals surface area contributed by atoms with Gasteiger partial charge in [-0.25, -0.2) is 4.79 Å². The molecule has 2 aromatic rings. The van der Waals surface area contributed by atoms with E-state index in [0.717, 1.165) is 5.56 Å². The first-order valence-electron chi connectivity index (χ1n) is 7.37. The summed E-state index contributed by atoms with van der Waals surface area (Å²) in [5, 5.41) is 17.0. The fourth-order valence-corrected chi connectivity index (χ4v) is 3.35. The molecule has 24 heavy (non-hydrogen) atoms. The Labute approximate surface area is 150 Å². The Morgan fingerprint density at radius 1 is 1.38 bits per heavy atom. The lowest BCUT2D eigenvalue weighted by Gasteiger charge is -2.25. The summed E-state index contributed by atoms with van der Waals surface area (Å²) in [5.74, 6) is 0. The van der Waals surface area contributed by atoms with E-state index in [0.29, 0.717) is 22.1 Å². The van der Waals surface area contributed by atoms with Gasteiger partial charge in [-0.3, -0.25) is 5.32 Å². The number of thiophene rings is 1. The van der Waals surface area contributed by atoms with Crippen LogP contribution in [0, 0.1) is 18.3 Å². The summed E-state index contributed by atoms with van der Waals surface area (Å²) < 4.78 is 0. The van der Waals surface area contributed by atoms with Gasteiger partial charge in [-0.1, -0.05) is 41.4 Å². The van der Waals surface area contributed by atoms with Crippen LogP contribution in [0.2, 0.25) is 5.02 Å². The molecule has 2 N–H and O–H groups in total. The number of aryl methyl sites for hydroxylation is 1. The molecule has 5 nitrogen and oxygen atoms in total. The van der Waals surface area contributed by atoms with Crippen LogP contribution >= 0.6 is 22.9 Å². The number of hydrogen-bond donors (Lipinski definition) is 2. The van der Waals surface area contributed by atoms with Crippen LogP contribution in [0.1, 0.15) is 22.7 Å². The fourth-order valence-electron chi connectivity index (χ4n) is 2.26. The monoisotopic (exact) mass is 362 g/mol. The molecule has 0 saturated carbocycles. The second-order valence-electron chi connectivity index (χ2n) is 5.62. The van der Waals surface area contributed by atoms with Crippen molar-refractivity contribution in [2.75, 3.05) is 26.0 Å². The molecule has 0 unspecified atom stereocenters. The van der Waals surface area contributed by atoms with Crippen molar-refractivity contribution in [1.29, 1.82) is 5.26 Å². The lowest BCUT2D eigenvalue weighted by Crippen LogP contribution is -2.36. The van der Waals surface area contributed by atoms with Crippen molar-refractivity contribution in [3.05, 3.63) is 51.4 Å². The Kier molecular flexibility index (Phi) is 6.21. The van der Waals surface area contributed by atoms with Crippen LogP contribution in [0.25, 0.3) is 0 Å². The standard InChI is InChI=1S/C17H19ClN4OS/c1-11-4-6-12(7-5-11)15(22(2)3)9-20-17(23)21-16-13(8-19)14(18)10-24-16/h4-7,10,15H,9H2,1-3H3,(H2,20,21,23)/t15-/m1/s1. The van der Waals surface area contributed by atoms with Crippen LogP contribution in [0.15, 0.2) is 29.6 Å². The predicted octanol–water partition coefficient (Wildman–Crippen LogP) is 4.01. The first-order chi connectivity index (χ1) is 11.4. The summed E-state index contributed by atoms with van der Waals surface area (Å²) in [4.78, 5) is 14.2. The molecular formula is C17H19ClN4OS. The molecule has 2 rings (SSSR count). The highest BCUT2D eigenvalue weighted by Gasteiger charge is 2.17. The number of halogens is 1. The van der Waals surface area contributed by atoms with Crippen LogP contribution in [0.5, 0.6) is 0 Å². The third-order valence-electron chi connectivity index (χ3n) is 3.63. The quantitative estimate of drug-likeness (QED) is 0.844. The summed E-state index contributed by atoms with van der Waals surface area (Å²) in [7, 11) is 3.94. The minimum atomic E-state index is -0.357. The number of carbonyl (C=O) groups excluding carboxylic acids is 1. The van der Waals surface area contributed by atoms with Gasteiger partial charge in [-0.2, -0.15) is 5.26 Å². The maximum Gasteiger partial charge on any atom is 0.319 e. The summed E-state index contributed by atoms with van der Waals surface area (Å²) in [6, 6.07) is 9.92. The van der Waals surface area contributed by atoms with Gasteiger partial charge in [0.05, 0.1) is 11.1 Å². The van der Waals surface area contributed by atoms with E-state index >= 15 is 0 Å². The summed E-state index contributed by atoms with van der Waals surface area (Å²) >= 11 is 7.13. The molecule has 0 saturated heterocycles. The second kappa shape index (κ2) is 8.15. The number of hydrogen-bond acceptors (Lipinski definition) is 4. The van der Waals surface area contributed by atoms with Crippen molar-refractivity contribution < 1.29 is 4.79 Å². The van der Waals surface area contributed by atoms with E-state index < -0.39 is 0 Å². The number of rotatable bonds is 5. The number of benzene rings is 1. The van der Waals surface area contributed by atoms with Crippen molar-refractivity contribution in [2.24, 2.45) is 0 Å². The number of urea groups is 1. The minimum Gasteiger partial charge on any atom is -0.336 e. The number of anilines is 1. The second-order valence-corrected chi connectivity index (χ2v) is 6.91. The molecule has 0 bridgehead atoms. The summed E-state index contributed by atoms with van der Waals surface area (Å²) in [6.45, 7) is 2.49. The van der Waals surface area contributed by atoms with Crippen molar-refractivity contribution in [2.45, 2.75) is 13.0 Å². The Hall–Kier alpha value is -2.07. The van der Waals surface area contributed by atoms with Gasteiger partial charge in [0.15, 0.2) is 0 Å². The van der Waals surface area contributed by atoms with Gasteiger partial charge in [0.1, 0.15) is 16.6 Å². The Bertz CT molecular complexity index is 749. The van der Waals surface area contributed by atoms with Crippen molar-refractivity contribution >= 4 is 34.0 Å². The Morgan fingerprint density at radius 2 is 2.04 bits per heavy atom. The first kappa shape index (κ1) is 18.3. The van der Waals surface area contributed by atoms with Gasteiger partial charge in [-0.05, 0) is 26.6 Å². The van der Waals surface area contributed by atoms with E-state index in [9.17, 15) is 4.79 Å². The maximum atomic E-state index is 12.1. The molecule has 0 fully saturated rings. The van der Waals surface area contributed by atoms with Gasteiger partial charge < -0.3 is 10.2 Å². The fraction of sp³-hybridized carbons (Fsp3) is 0.294. The third-order valence-corrected chi connectivity index (χ3v) is 4.95. The number of amides is 2. The molecule has 7 heteroatoms. The molecule has 0 radical (unpaired) electrons. The molecule has 0 aliphatic rings. The molecule has 0 aliphatic heterocycles. The van der Waals surface area contributed by atoms with E-state index in [4.69, 9.17) is 16.9 Å². The van der Waals surface area contributed by atoms with Crippen molar-refractivity contribution in [3.8, 4) is 6.07 Å². The molecule has 0 spiro atoms. The first-order valence-corrected chi connectivity index (χ1v) is 8.63. The largest absolute Gasteiger partial charge is 0.336 e. The molecule has 126 valence electrons. The molecule has 1 heterocycles.